The standard InChI is InChI=1S/C31H37B2NO8/c1-3-6-19(13-20-7-4-10-24(35)14-20)11-12-27-28-21(18-41-2)15-25-29(26(28)17-32(38)42-27)31(37)34(30(25)36)23-9-5-8-22(16-23)33(39)40/h4-5,7-10,13-14,16,25-27,29,35,38-40H,3,6,11-12,15,17-18H2,1-2H3/b19-13+/t25-,26+,27-,29-/m1/s1. The van der Waals surface area contributed by atoms with Crippen LogP contribution in [-0.2, 0) is 19.0 Å². The zero-order valence-electron chi connectivity index (χ0n) is 24.0. The van der Waals surface area contributed by atoms with E-state index >= 15 is 0 Å². The largest absolute Gasteiger partial charge is 0.508 e. The lowest BCUT2D eigenvalue weighted by atomic mass is 9.58. The summed E-state index contributed by atoms with van der Waals surface area (Å²) in [7, 11) is -1.22. The SMILES string of the molecule is CCC/C(=C\c1cccc(O)c1)CC[C@H]1OB(O)C[C@H]2C1=C(COC)C[C@H]1C(=O)N(c3cccc(B(O)O)c3)C(=O)[C@H]12. The molecule has 5 rings (SSSR count). The van der Waals surface area contributed by atoms with Crippen molar-refractivity contribution in [3.63, 3.8) is 0 Å². The first-order valence-corrected chi connectivity index (χ1v) is 14.6. The Labute approximate surface area is 246 Å². The molecule has 0 spiro atoms. The lowest BCUT2D eigenvalue weighted by Crippen LogP contribution is -2.46. The highest BCUT2D eigenvalue weighted by Crippen LogP contribution is 2.51. The maximum atomic E-state index is 13.9. The van der Waals surface area contributed by atoms with Crippen molar-refractivity contribution in [2.45, 2.75) is 51.5 Å². The summed E-state index contributed by atoms with van der Waals surface area (Å²) in [6.45, 7) is 2.40. The molecule has 42 heavy (non-hydrogen) atoms. The van der Waals surface area contributed by atoms with Crippen LogP contribution in [0.3, 0.4) is 0 Å². The number of allylic oxidation sites excluding steroid dienone is 1. The van der Waals surface area contributed by atoms with Gasteiger partial charge in [0.25, 0.3) is 0 Å². The summed E-state index contributed by atoms with van der Waals surface area (Å²) in [5, 5.41) is 40.0. The Morgan fingerprint density at radius 1 is 1.12 bits per heavy atom. The fraction of sp³-hybridized carbons (Fsp3) is 0.419. The van der Waals surface area contributed by atoms with Crippen molar-refractivity contribution in [2.75, 3.05) is 18.6 Å². The van der Waals surface area contributed by atoms with Crippen molar-refractivity contribution in [2.24, 2.45) is 17.8 Å². The van der Waals surface area contributed by atoms with Crippen LogP contribution < -0.4 is 10.4 Å². The van der Waals surface area contributed by atoms with Crippen molar-refractivity contribution in [1.82, 2.24) is 0 Å². The molecule has 0 aromatic heterocycles. The van der Waals surface area contributed by atoms with Crippen molar-refractivity contribution >= 4 is 43.3 Å². The first-order valence-electron chi connectivity index (χ1n) is 14.6. The second-order valence-electron chi connectivity index (χ2n) is 11.4. The number of imide groups is 1. The summed E-state index contributed by atoms with van der Waals surface area (Å²) in [6.07, 6.45) is 5.28. The van der Waals surface area contributed by atoms with Gasteiger partial charge in [-0.1, -0.05) is 49.3 Å². The van der Waals surface area contributed by atoms with Crippen molar-refractivity contribution < 1.29 is 39.2 Å². The summed E-state index contributed by atoms with van der Waals surface area (Å²) < 4.78 is 11.7. The van der Waals surface area contributed by atoms with E-state index in [1.165, 1.54) is 17.7 Å². The summed E-state index contributed by atoms with van der Waals surface area (Å²) >= 11 is 0. The molecule has 11 heteroatoms. The zero-order valence-corrected chi connectivity index (χ0v) is 24.0. The fourth-order valence-electron chi connectivity index (χ4n) is 6.91. The predicted octanol–water partition coefficient (Wildman–Crippen LogP) is 2.68. The number of carbonyl (C=O) groups is 2. The average Bonchev–Trinajstić information content (AvgIpc) is 3.21. The van der Waals surface area contributed by atoms with E-state index in [9.17, 15) is 29.8 Å². The Balaban J connectivity index is 1.44. The second-order valence-corrected chi connectivity index (χ2v) is 11.4. The van der Waals surface area contributed by atoms with Gasteiger partial charge in [0, 0.05) is 7.11 Å². The quantitative estimate of drug-likeness (QED) is 0.194. The molecule has 4 N–H and O–H groups in total. The van der Waals surface area contributed by atoms with Crippen LogP contribution in [0.25, 0.3) is 6.08 Å². The van der Waals surface area contributed by atoms with Crippen LogP contribution in [0.2, 0.25) is 6.32 Å². The molecule has 0 radical (unpaired) electrons. The number of ether oxygens (including phenoxy) is 1. The maximum absolute atomic E-state index is 13.9. The average molecular weight is 573 g/mol. The van der Waals surface area contributed by atoms with E-state index in [0.717, 1.165) is 34.5 Å². The molecule has 2 aromatic carbocycles. The fourth-order valence-corrected chi connectivity index (χ4v) is 6.91. The van der Waals surface area contributed by atoms with E-state index in [1.54, 1.807) is 31.4 Å². The summed E-state index contributed by atoms with van der Waals surface area (Å²) in [5.41, 5.74) is 4.45. The Morgan fingerprint density at radius 3 is 2.62 bits per heavy atom. The van der Waals surface area contributed by atoms with Gasteiger partial charge in [0.1, 0.15) is 5.75 Å². The maximum Gasteiger partial charge on any atom is 0.488 e. The molecule has 2 fully saturated rings. The number of methoxy groups -OCH3 is 1. The summed E-state index contributed by atoms with van der Waals surface area (Å²) in [4.78, 5) is 28.8. The number of aromatic hydroxyl groups is 1. The van der Waals surface area contributed by atoms with Gasteiger partial charge in [-0.3, -0.25) is 14.5 Å². The van der Waals surface area contributed by atoms with Crippen LogP contribution in [0.4, 0.5) is 5.69 Å². The van der Waals surface area contributed by atoms with Crippen molar-refractivity contribution in [3.8, 4) is 5.75 Å². The van der Waals surface area contributed by atoms with E-state index in [2.05, 4.69) is 13.0 Å². The molecule has 9 nitrogen and oxygen atoms in total. The molecular formula is C31H37B2NO8. The zero-order chi connectivity index (χ0) is 30.0. The lowest BCUT2D eigenvalue weighted by molar-refractivity contribution is -0.122. The molecule has 2 heterocycles. The number of nitrogens with zero attached hydrogens (tertiary/aromatic N) is 1. The molecule has 1 aliphatic carbocycles. The first kappa shape index (κ1) is 30.3. The number of benzene rings is 2. The van der Waals surface area contributed by atoms with Crippen LogP contribution in [-0.4, -0.2) is 66.1 Å². The van der Waals surface area contributed by atoms with Gasteiger partial charge in [0.05, 0.1) is 30.2 Å². The van der Waals surface area contributed by atoms with Gasteiger partial charge in [0.2, 0.25) is 11.8 Å². The third kappa shape index (κ3) is 6.11. The lowest BCUT2D eigenvalue weighted by Gasteiger charge is -2.43. The third-order valence-corrected chi connectivity index (χ3v) is 8.59. The molecule has 4 atom stereocenters. The molecule has 220 valence electrons. The van der Waals surface area contributed by atoms with Crippen LogP contribution in [0.5, 0.6) is 5.75 Å². The van der Waals surface area contributed by atoms with Gasteiger partial charge in [0.15, 0.2) is 0 Å². The molecular weight excluding hydrogens is 536 g/mol. The minimum Gasteiger partial charge on any atom is -0.508 e. The number of hydrogen-bond acceptors (Lipinski definition) is 8. The van der Waals surface area contributed by atoms with Crippen LogP contribution in [0, 0.1) is 17.8 Å². The van der Waals surface area contributed by atoms with Gasteiger partial charge in [-0.25, -0.2) is 0 Å². The Hall–Kier alpha value is -3.21. The van der Waals surface area contributed by atoms with Crippen LogP contribution in [0.15, 0.2) is 65.3 Å². The monoisotopic (exact) mass is 573 g/mol. The molecule has 2 aromatic rings. The topological polar surface area (TPSA) is 137 Å². The third-order valence-electron chi connectivity index (χ3n) is 8.59. The minimum absolute atomic E-state index is 0.185. The Morgan fingerprint density at radius 2 is 1.90 bits per heavy atom. The minimum atomic E-state index is -1.73. The van der Waals surface area contributed by atoms with Gasteiger partial charge < -0.3 is 29.6 Å². The normalized spacial score (nSPS) is 24.3. The second kappa shape index (κ2) is 13.0. The highest BCUT2D eigenvalue weighted by atomic mass is 16.5. The number of rotatable bonds is 10. The van der Waals surface area contributed by atoms with E-state index in [0.29, 0.717) is 31.6 Å². The summed E-state index contributed by atoms with van der Waals surface area (Å²) in [6, 6.07) is 13.3. The number of fused-ring (bicyclic) bond motifs is 3. The number of phenols is 1. The van der Waals surface area contributed by atoms with Crippen molar-refractivity contribution in [3.05, 3.63) is 70.8 Å². The van der Waals surface area contributed by atoms with E-state index in [4.69, 9.17) is 9.39 Å². The van der Waals surface area contributed by atoms with Gasteiger partial charge in [-0.2, -0.15) is 0 Å². The van der Waals surface area contributed by atoms with Gasteiger partial charge in [-0.05, 0) is 84.4 Å². The number of anilines is 1. The van der Waals surface area contributed by atoms with E-state index < -0.39 is 32.2 Å². The molecule has 0 bridgehead atoms. The summed E-state index contributed by atoms with van der Waals surface area (Å²) in [5.74, 6) is -2.13. The molecule has 0 unspecified atom stereocenters. The number of amides is 2. The molecule has 0 saturated carbocycles. The number of hydrogen-bond donors (Lipinski definition) is 4. The first-order chi connectivity index (χ1) is 20.2. The molecule has 2 aliphatic heterocycles. The van der Waals surface area contributed by atoms with E-state index in [1.807, 2.05) is 12.1 Å². The van der Waals surface area contributed by atoms with Gasteiger partial charge >= 0.3 is 14.2 Å². The smallest absolute Gasteiger partial charge is 0.488 e. The van der Waals surface area contributed by atoms with Crippen LogP contribution >= 0.6 is 0 Å². The Bertz CT molecular complexity index is 1390. The highest BCUT2D eigenvalue weighted by Gasteiger charge is 2.57. The molecule has 2 saturated heterocycles. The molecule has 3 aliphatic rings. The Kier molecular flexibility index (Phi) is 9.35. The van der Waals surface area contributed by atoms with Crippen molar-refractivity contribution in [1.29, 1.82) is 0 Å². The molecule has 2 amide bonds. The number of carbonyl (C=O) groups excluding carboxylic acids is 2. The predicted molar refractivity (Wildman–Crippen MR) is 161 cm³/mol. The highest BCUT2D eigenvalue weighted by molar-refractivity contribution is 6.58. The van der Waals surface area contributed by atoms with Gasteiger partial charge in [-0.15, -0.1) is 0 Å². The van der Waals surface area contributed by atoms with Crippen LogP contribution in [0.1, 0.15) is 44.6 Å². The number of phenolic OH excluding ortho intramolecular Hbond substituents is 1. The van der Waals surface area contributed by atoms with E-state index in [-0.39, 0.29) is 35.3 Å².